The van der Waals surface area contributed by atoms with Crippen molar-refractivity contribution >= 4 is 40.6 Å². The zero-order valence-corrected chi connectivity index (χ0v) is 12.2. The van der Waals surface area contributed by atoms with Gasteiger partial charge in [0.1, 0.15) is 11.5 Å². The first-order valence-corrected chi connectivity index (χ1v) is 6.55. The summed E-state index contributed by atoms with van der Waals surface area (Å²) in [5.74, 6) is 0.542. The van der Waals surface area contributed by atoms with E-state index in [9.17, 15) is 0 Å². The number of benzene rings is 2. The zero-order valence-electron chi connectivity index (χ0n) is 9.98. The predicted octanol–water partition coefficient (Wildman–Crippen LogP) is 4.53. The molecule has 0 atom stereocenters. The number of amidine groups is 1. The van der Waals surface area contributed by atoms with Crippen molar-refractivity contribution in [3.8, 4) is 11.5 Å². The number of oxime groups is 1. The van der Waals surface area contributed by atoms with Crippen LogP contribution >= 0.6 is 34.8 Å². The molecule has 104 valence electrons. The molecule has 0 aliphatic heterocycles. The fourth-order valence-corrected chi connectivity index (χ4v) is 2.00. The second-order valence-electron chi connectivity index (χ2n) is 3.80. The predicted molar refractivity (Wildman–Crippen MR) is 80.5 cm³/mol. The molecule has 0 bridgehead atoms. The van der Waals surface area contributed by atoms with E-state index in [0.717, 1.165) is 0 Å². The van der Waals surface area contributed by atoms with Crippen molar-refractivity contribution in [2.45, 2.75) is 0 Å². The molecule has 0 saturated carbocycles. The Hall–Kier alpha value is -1.62. The minimum absolute atomic E-state index is 0.102. The molecule has 0 aromatic heterocycles. The molecule has 2 rings (SSSR count). The highest BCUT2D eigenvalue weighted by molar-refractivity contribution is 6.34. The van der Waals surface area contributed by atoms with E-state index in [1.165, 1.54) is 6.07 Å². The number of hydrogen-bond donors (Lipinski definition) is 2. The summed E-state index contributed by atoms with van der Waals surface area (Å²) in [6.07, 6.45) is 0. The minimum Gasteiger partial charge on any atom is -0.455 e. The Morgan fingerprint density at radius 2 is 1.60 bits per heavy atom. The van der Waals surface area contributed by atoms with Crippen LogP contribution in [0.1, 0.15) is 5.56 Å². The van der Waals surface area contributed by atoms with Gasteiger partial charge in [0.2, 0.25) is 0 Å². The van der Waals surface area contributed by atoms with E-state index in [0.29, 0.717) is 32.1 Å². The van der Waals surface area contributed by atoms with Crippen LogP contribution in [0.2, 0.25) is 15.1 Å². The molecule has 2 aromatic carbocycles. The van der Waals surface area contributed by atoms with Crippen molar-refractivity contribution in [3.05, 3.63) is 57.0 Å². The third-order valence-corrected chi connectivity index (χ3v) is 3.22. The standard InChI is InChI=1S/C13H9Cl3N2O2/c14-7-1-3-9(13(17)18-19)11(5-7)20-12-6-8(15)2-4-10(12)16/h1-6,19H,(H2,17,18). The smallest absolute Gasteiger partial charge is 0.173 e. The van der Waals surface area contributed by atoms with E-state index in [1.54, 1.807) is 30.3 Å². The van der Waals surface area contributed by atoms with Gasteiger partial charge in [0.15, 0.2) is 5.84 Å². The number of hydrogen-bond acceptors (Lipinski definition) is 3. The molecule has 0 fully saturated rings. The van der Waals surface area contributed by atoms with E-state index in [2.05, 4.69) is 5.16 Å². The van der Waals surface area contributed by atoms with E-state index < -0.39 is 0 Å². The lowest BCUT2D eigenvalue weighted by Gasteiger charge is -2.12. The summed E-state index contributed by atoms with van der Waals surface area (Å²) in [6.45, 7) is 0. The van der Waals surface area contributed by atoms with Crippen LogP contribution in [0.25, 0.3) is 0 Å². The fraction of sp³-hybridized carbons (Fsp3) is 0. The third kappa shape index (κ3) is 3.28. The van der Waals surface area contributed by atoms with Crippen LogP contribution in [-0.2, 0) is 0 Å². The second-order valence-corrected chi connectivity index (χ2v) is 5.08. The van der Waals surface area contributed by atoms with E-state index in [4.69, 9.17) is 50.5 Å². The van der Waals surface area contributed by atoms with Crippen LogP contribution in [0.5, 0.6) is 11.5 Å². The second kappa shape index (κ2) is 6.22. The first-order chi connectivity index (χ1) is 9.51. The molecule has 0 heterocycles. The first kappa shape index (κ1) is 14.8. The van der Waals surface area contributed by atoms with Gasteiger partial charge < -0.3 is 15.7 Å². The maximum atomic E-state index is 8.77. The van der Waals surface area contributed by atoms with Crippen LogP contribution in [-0.4, -0.2) is 11.0 Å². The molecule has 0 aliphatic carbocycles. The first-order valence-electron chi connectivity index (χ1n) is 5.41. The van der Waals surface area contributed by atoms with Crippen molar-refractivity contribution in [3.63, 3.8) is 0 Å². The lowest BCUT2D eigenvalue weighted by atomic mass is 10.2. The molecule has 7 heteroatoms. The summed E-state index contributed by atoms with van der Waals surface area (Å²) in [4.78, 5) is 0. The summed E-state index contributed by atoms with van der Waals surface area (Å²) in [7, 11) is 0. The Morgan fingerprint density at radius 1 is 1.00 bits per heavy atom. The highest BCUT2D eigenvalue weighted by Gasteiger charge is 2.12. The van der Waals surface area contributed by atoms with Crippen LogP contribution in [0.4, 0.5) is 0 Å². The largest absolute Gasteiger partial charge is 0.455 e. The van der Waals surface area contributed by atoms with Gasteiger partial charge in [-0.2, -0.15) is 0 Å². The molecule has 0 unspecified atom stereocenters. The molecule has 3 N–H and O–H groups in total. The van der Waals surface area contributed by atoms with Gasteiger partial charge in [0, 0.05) is 22.2 Å². The van der Waals surface area contributed by atoms with E-state index in [1.807, 2.05) is 0 Å². The Labute approximate surface area is 130 Å². The molecule has 2 aromatic rings. The van der Waals surface area contributed by atoms with E-state index >= 15 is 0 Å². The Bertz CT molecular complexity index is 675. The highest BCUT2D eigenvalue weighted by Crippen LogP contribution is 2.34. The summed E-state index contributed by atoms with van der Waals surface area (Å²) in [5.41, 5.74) is 5.97. The normalized spacial score (nSPS) is 11.4. The summed E-state index contributed by atoms with van der Waals surface area (Å²) in [5, 5.41) is 13.0. The highest BCUT2D eigenvalue weighted by atomic mass is 35.5. The molecular weight excluding hydrogens is 323 g/mol. The molecular formula is C13H9Cl3N2O2. The van der Waals surface area contributed by atoms with Gasteiger partial charge >= 0.3 is 0 Å². The monoisotopic (exact) mass is 330 g/mol. The van der Waals surface area contributed by atoms with Crippen LogP contribution in [0.15, 0.2) is 41.6 Å². The van der Waals surface area contributed by atoms with Gasteiger partial charge in [-0.15, -0.1) is 0 Å². The fourth-order valence-electron chi connectivity index (χ4n) is 1.52. The number of nitrogens with two attached hydrogens (primary N) is 1. The maximum absolute atomic E-state index is 8.77. The summed E-state index contributed by atoms with van der Waals surface area (Å²) < 4.78 is 5.65. The van der Waals surface area contributed by atoms with Crippen LogP contribution in [0, 0.1) is 0 Å². The van der Waals surface area contributed by atoms with Gasteiger partial charge in [-0.05, 0) is 24.3 Å². The van der Waals surface area contributed by atoms with Crippen LogP contribution < -0.4 is 10.5 Å². The third-order valence-electron chi connectivity index (χ3n) is 2.44. The van der Waals surface area contributed by atoms with Gasteiger partial charge in [0.25, 0.3) is 0 Å². The lowest BCUT2D eigenvalue weighted by Crippen LogP contribution is -2.14. The molecule has 4 nitrogen and oxygen atoms in total. The van der Waals surface area contributed by atoms with Crippen molar-refractivity contribution in [1.29, 1.82) is 0 Å². The molecule has 0 aliphatic rings. The molecule has 0 amide bonds. The van der Waals surface area contributed by atoms with Gasteiger partial charge in [-0.3, -0.25) is 0 Å². The number of rotatable bonds is 3. The number of ether oxygens (including phenoxy) is 1. The Morgan fingerprint density at radius 3 is 2.25 bits per heavy atom. The van der Waals surface area contributed by atoms with Gasteiger partial charge in [0.05, 0.1) is 10.6 Å². The quantitative estimate of drug-likeness (QED) is 0.376. The Balaban J connectivity index is 2.47. The maximum Gasteiger partial charge on any atom is 0.173 e. The molecule has 0 spiro atoms. The van der Waals surface area contributed by atoms with Crippen molar-refractivity contribution in [2.24, 2.45) is 10.9 Å². The molecule has 20 heavy (non-hydrogen) atoms. The minimum atomic E-state index is -0.102. The average molecular weight is 332 g/mol. The van der Waals surface area contributed by atoms with Crippen molar-refractivity contribution < 1.29 is 9.94 Å². The van der Waals surface area contributed by atoms with Gasteiger partial charge in [-0.1, -0.05) is 40.0 Å². The topological polar surface area (TPSA) is 67.8 Å². The number of nitrogens with zero attached hydrogens (tertiary/aromatic N) is 1. The van der Waals surface area contributed by atoms with Gasteiger partial charge in [-0.25, -0.2) is 0 Å². The van der Waals surface area contributed by atoms with Crippen molar-refractivity contribution in [2.75, 3.05) is 0 Å². The SMILES string of the molecule is NC(=NO)c1ccc(Cl)cc1Oc1cc(Cl)ccc1Cl. The lowest BCUT2D eigenvalue weighted by molar-refractivity contribution is 0.318. The Kier molecular flexibility index (Phi) is 4.60. The average Bonchev–Trinajstić information content (AvgIpc) is 2.42. The van der Waals surface area contributed by atoms with E-state index in [-0.39, 0.29) is 5.84 Å². The molecule has 0 radical (unpaired) electrons. The number of halogens is 3. The molecule has 0 saturated heterocycles. The summed E-state index contributed by atoms with van der Waals surface area (Å²) >= 11 is 17.8. The zero-order chi connectivity index (χ0) is 14.7. The van der Waals surface area contributed by atoms with Crippen LogP contribution in [0.3, 0.4) is 0 Å². The van der Waals surface area contributed by atoms with Crippen molar-refractivity contribution in [1.82, 2.24) is 0 Å². The summed E-state index contributed by atoms with van der Waals surface area (Å²) in [6, 6.07) is 9.51.